The zero-order chi connectivity index (χ0) is 16.7. The lowest BCUT2D eigenvalue weighted by Gasteiger charge is -2.14. The fraction of sp³-hybridized carbons (Fsp3) is 0.375. The van der Waals surface area contributed by atoms with E-state index < -0.39 is 11.7 Å². The second kappa shape index (κ2) is 10.4. The van der Waals surface area contributed by atoms with Crippen LogP contribution in [0.3, 0.4) is 0 Å². The summed E-state index contributed by atoms with van der Waals surface area (Å²) in [6.07, 6.45) is 3.20. The number of halogens is 3. The molecule has 2 rings (SSSR count). The summed E-state index contributed by atoms with van der Waals surface area (Å²) in [7, 11) is 0. The van der Waals surface area contributed by atoms with E-state index in [0.717, 1.165) is 25.6 Å². The normalized spacial score (nSPS) is 13.5. The Balaban J connectivity index is 0.00000288. The molecule has 0 aliphatic carbocycles. The van der Waals surface area contributed by atoms with Gasteiger partial charge in [0.1, 0.15) is 5.82 Å². The molecule has 0 aromatic heterocycles. The molecule has 24 heavy (non-hydrogen) atoms. The van der Waals surface area contributed by atoms with Gasteiger partial charge < -0.3 is 16.0 Å². The standard InChI is InChI=1S/C16H19BrFN3O2.ClH/c17-14-2-1-12(18)9-13(14)16(23)20-8-5-15(22)21-10-11-3-6-19-7-4-11;/h1-3,9,19H,4-8,10H2,(H,20,23)(H,21,22);1H. The Bertz CT molecular complexity index is 625. The van der Waals surface area contributed by atoms with Crippen LogP contribution in [0.4, 0.5) is 4.39 Å². The molecule has 132 valence electrons. The van der Waals surface area contributed by atoms with Crippen LogP contribution in [0.25, 0.3) is 0 Å². The molecule has 5 nitrogen and oxygen atoms in total. The van der Waals surface area contributed by atoms with Gasteiger partial charge in [-0.15, -0.1) is 12.4 Å². The molecule has 1 aliphatic rings. The number of rotatable bonds is 6. The third-order valence-corrected chi connectivity index (χ3v) is 4.17. The first-order valence-electron chi connectivity index (χ1n) is 7.45. The molecule has 0 spiro atoms. The highest BCUT2D eigenvalue weighted by Crippen LogP contribution is 2.17. The third kappa shape index (κ3) is 6.59. The number of amides is 2. The van der Waals surface area contributed by atoms with Gasteiger partial charge >= 0.3 is 0 Å². The molecule has 1 heterocycles. The molecule has 1 aromatic rings. The third-order valence-electron chi connectivity index (χ3n) is 3.48. The van der Waals surface area contributed by atoms with E-state index in [1.54, 1.807) is 0 Å². The summed E-state index contributed by atoms with van der Waals surface area (Å²) in [4.78, 5) is 23.7. The molecule has 0 bridgehead atoms. The van der Waals surface area contributed by atoms with Crippen molar-refractivity contribution >= 4 is 40.2 Å². The first kappa shape index (κ1) is 20.6. The van der Waals surface area contributed by atoms with Crippen molar-refractivity contribution in [1.29, 1.82) is 0 Å². The maximum atomic E-state index is 13.2. The maximum Gasteiger partial charge on any atom is 0.252 e. The van der Waals surface area contributed by atoms with Crippen molar-refractivity contribution in [2.45, 2.75) is 12.8 Å². The van der Waals surface area contributed by atoms with Crippen molar-refractivity contribution < 1.29 is 14.0 Å². The summed E-state index contributed by atoms with van der Waals surface area (Å²) >= 11 is 3.20. The molecule has 2 amide bonds. The minimum absolute atomic E-state index is 0. The Hall–Kier alpha value is -1.44. The zero-order valence-corrected chi connectivity index (χ0v) is 15.4. The highest BCUT2D eigenvalue weighted by molar-refractivity contribution is 9.10. The van der Waals surface area contributed by atoms with Crippen LogP contribution in [0.2, 0.25) is 0 Å². The maximum absolute atomic E-state index is 13.2. The van der Waals surface area contributed by atoms with Crippen LogP contribution in [0.5, 0.6) is 0 Å². The predicted octanol–water partition coefficient (Wildman–Crippen LogP) is 2.17. The van der Waals surface area contributed by atoms with Gasteiger partial charge in [-0.05, 0) is 47.1 Å². The highest BCUT2D eigenvalue weighted by atomic mass is 79.9. The van der Waals surface area contributed by atoms with Crippen LogP contribution in [0, 0.1) is 5.82 Å². The fourth-order valence-corrected chi connectivity index (χ4v) is 2.61. The van der Waals surface area contributed by atoms with Gasteiger partial charge in [0.05, 0.1) is 5.56 Å². The second-order valence-electron chi connectivity index (χ2n) is 5.22. The van der Waals surface area contributed by atoms with E-state index in [2.05, 4.69) is 38.0 Å². The topological polar surface area (TPSA) is 70.2 Å². The molecule has 1 aliphatic heterocycles. The first-order valence-corrected chi connectivity index (χ1v) is 8.24. The SMILES string of the molecule is Cl.O=C(CCNC(=O)c1cc(F)ccc1Br)NCC1=CCNCC1. The molecule has 3 N–H and O–H groups in total. The molecule has 0 unspecified atom stereocenters. The van der Waals surface area contributed by atoms with E-state index in [4.69, 9.17) is 0 Å². The van der Waals surface area contributed by atoms with Crippen LogP contribution in [0.1, 0.15) is 23.2 Å². The van der Waals surface area contributed by atoms with Crippen LogP contribution in [-0.2, 0) is 4.79 Å². The monoisotopic (exact) mass is 419 g/mol. The van der Waals surface area contributed by atoms with Crippen molar-refractivity contribution in [3.8, 4) is 0 Å². The smallest absolute Gasteiger partial charge is 0.252 e. The Kier molecular flexibility index (Phi) is 8.95. The number of nitrogens with one attached hydrogen (secondary N) is 3. The van der Waals surface area contributed by atoms with E-state index in [1.165, 1.54) is 17.7 Å². The van der Waals surface area contributed by atoms with Gasteiger partial charge in [-0.3, -0.25) is 9.59 Å². The second-order valence-corrected chi connectivity index (χ2v) is 6.08. The molecule has 0 saturated heterocycles. The average molecular weight is 421 g/mol. The van der Waals surface area contributed by atoms with Gasteiger partial charge in [-0.1, -0.05) is 11.6 Å². The Morgan fingerprint density at radius 3 is 2.79 bits per heavy atom. The average Bonchev–Trinajstić information content (AvgIpc) is 2.56. The summed E-state index contributed by atoms with van der Waals surface area (Å²) in [5, 5.41) is 8.65. The number of benzene rings is 1. The van der Waals surface area contributed by atoms with Gasteiger partial charge in [-0.25, -0.2) is 4.39 Å². The molecule has 0 radical (unpaired) electrons. The van der Waals surface area contributed by atoms with E-state index in [0.29, 0.717) is 11.0 Å². The van der Waals surface area contributed by atoms with E-state index in [9.17, 15) is 14.0 Å². The minimum Gasteiger partial charge on any atom is -0.352 e. The summed E-state index contributed by atoms with van der Waals surface area (Å²) in [6, 6.07) is 3.90. The van der Waals surface area contributed by atoms with Crippen LogP contribution in [-0.4, -0.2) is 38.0 Å². The first-order chi connectivity index (χ1) is 11.1. The molecule has 0 fully saturated rings. The highest BCUT2D eigenvalue weighted by Gasteiger charge is 2.11. The van der Waals surface area contributed by atoms with Gasteiger partial charge in [0.15, 0.2) is 0 Å². The van der Waals surface area contributed by atoms with Crippen LogP contribution >= 0.6 is 28.3 Å². The van der Waals surface area contributed by atoms with Crippen LogP contribution in [0.15, 0.2) is 34.3 Å². The quantitative estimate of drug-likeness (QED) is 0.618. The Morgan fingerprint density at radius 2 is 2.08 bits per heavy atom. The molecule has 1 aromatic carbocycles. The Morgan fingerprint density at radius 1 is 1.29 bits per heavy atom. The van der Waals surface area contributed by atoms with E-state index in [-0.39, 0.29) is 36.8 Å². The summed E-state index contributed by atoms with van der Waals surface area (Å²) in [5.74, 6) is -1.01. The zero-order valence-electron chi connectivity index (χ0n) is 13.0. The number of carbonyl (C=O) groups excluding carboxylic acids is 2. The summed E-state index contributed by atoms with van der Waals surface area (Å²) in [5.41, 5.74) is 1.43. The summed E-state index contributed by atoms with van der Waals surface area (Å²) < 4.78 is 13.7. The Labute approximate surface area is 155 Å². The van der Waals surface area contributed by atoms with Gasteiger partial charge in [0, 0.05) is 30.5 Å². The molecule has 8 heteroatoms. The van der Waals surface area contributed by atoms with Crippen molar-refractivity contribution in [1.82, 2.24) is 16.0 Å². The van der Waals surface area contributed by atoms with E-state index in [1.807, 2.05) is 0 Å². The molecular weight excluding hydrogens is 401 g/mol. The largest absolute Gasteiger partial charge is 0.352 e. The van der Waals surface area contributed by atoms with Gasteiger partial charge in [-0.2, -0.15) is 0 Å². The fourth-order valence-electron chi connectivity index (χ4n) is 2.19. The van der Waals surface area contributed by atoms with Crippen molar-refractivity contribution in [3.63, 3.8) is 0 Å². The number of hydrogen-bond acceptors (Lipinski definition) is 3. The molecular formula is C16H20BrClFN3O2. The van der Waals surface area contributed by atoms with Crippen molar-refractivity contribution in [3.05, 3.63) is 45.7 Å². The lowest BCUT2D eigenvalue weighted by Crippen LogP contribution is -2.33. The molecule has 0 atom stereocenters. The van der Waals surface area contributed by atoms with Crippen LogP contribution < -0.4 is 16.0 Å². The van der Waals surface area contributed by atoms with Gasteiger partial charge in [0.25, 0.3) is 5.91 Å². The number of hydrogen-bond donors (Lipinski definition) is 3. The molecule has 0 saturated carbocycles. The van der Waals surface area contributed by atoms with Crippen molar-refractivity contribution in [2.24, 2.45) is 0 Å². The van der Waals surface area contributed by atoms with Crippen molar-refractivity contribution in [2.75, 3.05) is 26.2 Å². The lowest BCUT2D eigenvalue weighted by molar-refractivity contribution is -0.120. The summed E-state index contributed by atoms with van der Waals surface area (Å²) in [6.45, 7) is 2.52. The predicted molar refractivity (Wildman–Crippen MR) is 96.9 cm³/mol. The lowest BCUT2D eigenvalue weighted by atomic mass is 10.1. The van der Waals surface area contributed by atoms with E-state index >= 15 is 0 Å². The van der Waals surface area contributed by atoms with Gasteiger partial charge in [0.2, 0.25) is 5.91 Å². The number of carbonyl (C=O) groups is 2. The minimum atomic E-state index is -0.480.